The van der Waals surface area contributed by atoms with Crippen molar-refractivity contribution < 1.29 is 19.0 Å². The number of halogens is 1. The second-order valence-electron chi connectivity index (χ2n) is 4.82. The number of carboxylic acid groups (broad SMARTS) is 1. The standard InChI is InChI=1S/C16H14FNO3/c17-13-6-3-5-12(16(19)20)15(13)18-8-9-21-14-7-2-1-4-11(14)10-18/h1-7H,8-10H2,(H,19,20). The average molecular weight is 287 g/mol. The molecule has 1 N–H and O–H groups in total. The van der Waals surface area contributed by atoms with Gasteiger partial charge in [-0.05, 0) is 18.2 Å². The zero-order valence-electron chi connectivity index (χ0n) is 11.3. The lowest BCUT2D eigenvalue weighted by molar-refractivity contribution is 0.0697. The van der Waals surface area contributed by atoms with Gasteiger partial charge in [0.05, 0.1) is 17.8 Å². The van der Waals surface area contributed by atoms with Gasteiger partial charge < -0.3 is 14.7 Å². The van der Waals surface area contributed by atoms with E-state index >= 15 is 0 Å². The van der Waals surface area contributed by atoms with Gasteiger partial charge in [-0.2, -0.15) is 0 Å². The van der Waals surface area contributed by atoms with E-state index in [4.69, 9.17) is 4.74 Å². The summed E-state index contributed by atoms with van der Waals surface area (Å²) < 4.78 is 19.8. The highest BCUT2D eigenvalue weighted by Gasteiger charge is 2.23. The third-order valence-corrected chi connectivity index (χ3v) is 3.49. The van der Waals surface area contributed by atoms with Crippen molar-refractivity contribution >= 4 is 11.7 Å². The minimum absolute atomic E-state index is 0.0330. The minimum Gasteiger partial charge on any atom is -0.491 e. The molecule has 2 aromatic rings. The van der Waals surface area contributed by atoms with Crippen LogP contribution in [0, 0.1) is 5.82 Å². The van der Waals surface area contributed by atoms with Crippen molar-refractivity contribution in [2.75, 3.05) is 18.1 Å². The fourth-order valence-corrected chi connectivity index (χ4v) is 2.53. The Morgan fingerprint density at radius 3 is 2.81 bits per heavy atom. The normalized spacial score (nSPS) is 14.0. The van der Waals surface area contributed by atoms with Crippen LogP contribution >= 0.6 is 0 Å². The zero-order chi connectivity index (χ0) is 14.8. The third-order valence-electron chi connectivity index (χ3n) is 3.49. The van der Waals surface area contributed by atoms with Gasteiger partial charge in [0.1, 0.15) is 18.2 Å². The third kappa shape index (κ3) is 2.54. The lowest BCUT2D eigenvalue weighted by Gasteiger charge is -2.24. The van der Waals surface area contributed by atoms with E-state index < -0.39 is 11.8 Å². The van der Waals surface area contributed by atoms with Crippen molar-refractivity contribution in [3.63, 3.8) is 0 Å². The molecule has 108 valence electrons. The van der Waals surface area contributed by atoms with Gasteiger partial charge in [0.25, 0.3) is 0 Å². The predicted octanol–water partition coefficient (Wildman–Crippen LogP) is 2.92. The Morgan fingerprint density at radius 2 is 2.00 bits per heavy atom. The van der Waals surface area contributed by atoms with E-state index in [1.807, 2.05) is 24.3 Å². The molecule has 3 rings (SSSR count). The molecule has 0 amide bonds. The Morgan fingerprint density at radius 1 is 1.19 bits per heavy atom. The van der Waals surface area contributed by atoms with Crippen molar-refractivity contribution in [1.82, 2.24) is 0 Å². The highest BCUT2D eigenvalue weighted by Crippen LogP contribution is 2.30. The van der Waals surface area contributed by atoms with Crippen LogP contribution < -0.4 is 9.64 Å². The molecule has 21 heavy (non-hydrogen) atoms. The summed E-state index contributed by atoms with van der Waals surface area (Å²) in [6.07, 6.45) is 0. The summed E-state index contributed by atoms with van der Waals surface area (Å²) in [5, 5.41) is 9.26. The first kappa shape index (κ1) is 13.4. The predicted molar refractivity (Wildman–Crippen MR) is 76.3 cm³/mol. The highest BCUT2D eigenvalue weighted by molar-refractivity contribution is 5.94. The smallest absolute Gasteiger partial charge is 0.337 e. The number of nitrogens with zero attached hydrogens (tertiary/aromatic N) is 1. The van der Waals surface area contributed by atoms with Gasteiger partial charge in [-0.15, -0.1) is 0 Å². The van der Waals surface area contributed by atoms with E-state index in [0.717, 1.165) is 11.3 Å². The highest BCUT2D eigenvalue weighted by atomic mass is 19.1. The number of para-hydroxylation sites is 2. The van der Waals surface area contributed by atoms with E-state index in [0.29, 0.717) is 19.7 Å². The molecule has 0 aliphatic carbocycles. The van der Waals surface area contributed by atoms with Crippen LogP contribution in [0.3, 0.4) is 0 Å². The summed E-state index contributed by atoms with van der Waals surface area (Å²) in [7, 11) is 0. The fraction of sp³-hybridized carbons (Fsp3) is 0.188. The van der Waals surface area contributed by atoms with Gasteiger partial charge in [-0.3, -0.25) is 0 Å². The molecular weight excluding hydrogens is 273 g/mol. The van der Waals surface area contributed by atoms with Crippen LogP contribution in [-0.4, -0.2) is 24.2 Å². The van der Waals surface area contributed by atoms with E-state index in [2.05, 4.69) is 0 Å². The van der Waals surface area contributed by atoms with Gasteiger partial charge in [0.2, 0.25) is 0 Å². The lowest BCUT2D eigenvalue weighted by Crippen LogP contribution is -2.28. The first-order chi connectivity index (χ1) is 10.2. The number of aromatic carboxylic acids is 1. The van der Waals surface area contributed by atoms with Gasteiger partial charge >= 0.3 is 5.97 Å². The van der Waals surface area contributed by atoms with Crippen molar-refractivity contribution in [2.45, 2.75) is 6.54 Å². The molecule has 0 unspecified atom stereocenters. The fourth-order valence-electron chi connectivity index (χ4n) is 2.53. The van der Waals surface area contributed by atoms with E-state index in [-0.39, 0.29) is 11.3 Å². The number of anilines is 1. The van der Waals surface area contributed by atoms with Crippen molar-refractivity contribution in [3.05, 3.63) is 59.4 Å². The Balaban J connectivity index is 2.04. The summed E-state index contributed by atoms with van der Waals surface area (Å²) in [5.41, 5.74) is 0.995. The SMILES string of the molecule is O=C(O)c1cccc(F)c1N1CCOc2ccccc2C1. The second kappa shape index (κ2) is 5.44. The Labute approximate surface area is 121 Å². The summed E-state index contributed by atoms with van der Waals surface area (Å²) in [5.74, 6) is -0.912. The summed E-state index contributed by atoms with van der Waals surface area (Å²) in [6, 6.07) is 11.6. The van der Waals surface area contributed by atoms with Crippen LogP contribution in [0.1, 0.15) is 15.9 Å². The van der Waals surface area contributed by atoms with Crippen LogP contribution in [-0.2, 0) is 6.54 Å². The molecule has 0 fully saturated rings. The van der Waals surface area contributed by atoms with Gasteiger partial charge in [0.15, 0.2) is 0 Å². The second-order valence-corrected chi connectivity index (χ2v) is 4.82. The molecule has 4 nitrogen and oxygen atoms in total. The molecule has 2 aromatic carbocycles. The Hall–Kier alpha value is -2.56. The monoisotopic (exact) mass is 287 g/mol. The number of carboxylic acids is 1. The van der Waals surface area contributed by atoms with E-state index in [1.165, 1.54) is 18.2 Å². The van der Waals surface area contributed by atoms with Gasteiger partial charge in [-0.25, -0.2) is 9.18 Å². The van der Waals surface area contributed by atoms with Gasteiger partial charge in [0, 0.05) is 12.1 Å². The molecule has 0 saturated heterocycles. The minimum atomic E-state index is -1.14. The first-order valence-electron chi connectivity index (χ1n) is 6.64. The van der Waals surface area contributed by atoms with Crippen molar-refractivity contribution in [1.29, 1.82) is 0 Å². The molecule has 0 atom stereocenters. The molecule has 5 heteroatoms. The Kier molecular flexibility index (Phi) is 3.48. The maximum absolute atomic E-state index is 14.2. The number of fused-ring (bicyclic) bond motifs is 1. The zero-order valence-corrected chi connectivity index (χ0v) is 11.3. The lowest BCUT2D eigenvalue weighted by atomic mass is 10.1. The van der Waals surface area contributed by atoms with Crippen molar-refractivity contribution in [2.24, 2.45) is 0 Å². The molecular formula is C16H14FNO3. The van der Waals surface area contributed by atoms with Crippen LogP contribution in [0.5, 0.6) is 5.75 Å². The Bertz CT molecular complexity index is 687. The van der Waals surface area contributed by atoms with Crippen LogP contribution in [0.2, 0.25) is 0 Å². The largest absolute Gasteiger partial charge is 0.491 e. The van der Waals surface area contributed by atoms with Gasteiger partial charge in [-0.1, -0.05) is 24.3 Å². The number of ether oxygens (including phenoxy) is 1. The summed E-state index contributed by atoms with van der Waals surface area (Å²) in [6.45, 7) is 1.22. The number of hydrogen-bond acceptors (Lipinski definition) is 3. The number of rotatable bonds is 2. The van der Waals surface area contributed by atoms with Crippen LogP contribution in [0.25, 0.3) is 0 Å². The first-order valence-corrected chi connectivity index (χ1v) is 6.64. The maximum atomic E-state index is 14.2. The maximum Gasteiger partial charge on any atom is 0.337 e. The number of benzene rings is 2. The molecule has 1 aliphatic rings. The van der Waals surface area contributed by atoms with E-state index in [9.17, 15) is 14.3 Å². The molecule has 0 saturated carbocycles. The summed E-state index contributed by atoms with van der Waals surface area (Å²) in [4.78, 5) is 13.0. The van der Waals surface area contributed by atoms with E-state index in [1.54, 1.807) is 4.90 Å². The molecule has 0 spiro atoms. The molecule has 1 heterocycles. The quantitative estimate of drug-likeness (QED) is 0.922. The van der Waals surface area contributed by atoms with Crippen LogP contribution in [0.15, 0.2) is 42.5 Å². The summed E-state index contributed by atoms with van der Waals surface area (Å²) >= 11 is 0. The number of carbonyl (C=O) groups is 1. The molecule has 1 aliphatic heterocycles. The topological polar surface area (TPSA) is 49.8 Å². The molecule has 0 radical (unpaired) electrons. The molecule has 0 bridgehead atoms. The molecule has 0 aromatic heterocycles. The average Bonchev–Trinajstić information content (AvgIpc) is 2.68. The van der Waals surface area contributed by atoms with Crippen LogP contribution in [0.4, 0.5) is 10.1 Å². The number of hydrogen-bond donors (Lipinski definition) is 1. The van der Waals surface area contributed by atoms with Crippen molar-refractivity contribution in [3.8, 4) is 5.75 Å².